The second-order valence-corrected chi connectivity index (χ2v) is 4.44. The molecule has 0 heterocycles. The summed E-state index contributed by atoms with van der Waals surface area (Å²) in [5, 5.41) is 18.8. The molecule has 0 aliphatic rings. The van der Waals surface area contributed by atoms with Crippen LogP contribution in [0.5, 0.6) is 11.5 Å². The number of rotatable bonds is 4. The van der Waals surface area contributed by atoms with E-state index >= 15 is 0 Å². The van der Waals surface area contributed by atoms with Crippen molar-refractivity contribution in [3.8, 4) is 11.5 Å². The maximum atomic E-state index is 12.1. The summed E-state index contributed by atoms with van der Waals surface area (Å²) in [4.78, 5) is 13.8. The van der Waals surface area contributed by atoms with Crippen molar-refractivity contribution in [1.29, 1.82) is 0 Å². The molecule has 0 saturated carbocycles. The molecule has 1 aromatic rings. The van der Waals surface area contributed by atoms with Crippen molar-refractivity contribution in [3.05, 3.63) is 23.8 Å². The van der Waals surface area contributed by atoms with Crippen LogP contribution in [0.4, 0.5) is 0 Å². The summed E-state index contributed by atoms with van der Waals surface area (Å²) in [5.41, 5.74) is 0.227. The van der Waals surface area contributed by atoms with E-state index in [9.17, 15) is 15.0 Å². The molecule has 1 aromatic carbocycles. The zero-order valence-corrected chi connectivity index (χ0v) is 10.5. The Morgan fingerprint density at radius 3 is 2.47 bits per heavy atom. The Morgan fingerprint density at radius 1 is 1.35 bits per heavy atom. The Labute approximate surface area is 101 Å². The summed E-state index contributed by atoms with van der Waals surface area (Å²) < 4.78 is 0. The number of aromatic hydroxyl groups is 2. The van der Waals surface area contributed by atoms with Crippen LogP contribution in [0.2, 0.25) is 0 Å². The lowest BCUT2D eigenvalue weighted by atomic mass is 10.1. The third-order valence-electron chi connectivity index (χ3n) is 2.47. The van der Waals surface area contributed by atoms with Gasteiger partial charge in [0.1, 0.15) is 11.5 Å². The number of benzene rings is 1. The van der Waals surface area contributed by atoms with Gasteiger partial charge in [0.05, 0.1) is 5.56 Å². The Hall–Kier alpha value is -1.71. The van der Waals surface area contributed by atoms with Gasteiger partial charge in [-0.2, -0.15) is 0 Å². The number of phenolic OH excluding ortho intramolecular Hbond substituents is 2. The predicted octanol–water partition coefficient (Wildman–Crippen LogP) is 2.22. The largest absolute Gasteiger partial charge is 0.508 e. The van der Waals surface area contributed by atoms with E-state index in [1.807, 2.05) is 20.8 Å². The van der Waals surface area contributed by atoms with Crippen molar-refractivity contribution >= 4 is 5.91 Å². The number of nitrogens with zero attached hydrogens (tertiary/aromatic N) is 1. The number of carbonyl (C=O) groups is 1. The fourth-order valence-electron chi connectivity index (χ4n) is 1.67. The molecule has 4 heteroatoms. The van der Waals surface area contributed by atoms with Gasteiger partial charge in [-0.05, 0) is 25.0 Å². The van der Waals surface area contributed by atoms with Crippen LogP contribution in [-0.4, -0.2) is 34.1 Å². The molecule has 0 saturated heterocycles. The molecule has 17 heavy (non-hydrogen) atoms. The van der Waals surface area contributed by atoms with Gasteiger partial charge >= 0.3 is 0 Å². The fraction of sp³-hybridized carbons (Fsp3) is 0.462. The lowest BCUT2D eigenvalue weighted by molar-refractivity contribution is 0.0742. The van der Waals surface area contributed by atoms with E-state index in [0.717, 1.165) is 0 Å². The van der Waals surface area contributed by atoms with Gasteiger partial charge in [-0.1, -0.05) is 13.8 Å². The highest BCUT2D eigenvalue weighted by atomic mass is 16.3. The molecule has 2 N–H and O–H groups in total. The van der Waals surface area contributed by atoms with Gasteiger partial charge < -0.3 is 15.1 Å². The first-order valence-corrected chi connectivity index (χ1v) is 5.77. The fourth-order valence-corrected chi connectivity index (χ4v) is 1.67. The van der Waals surface area contributed by atoms with Crippen LogP contribution in [0.3, 0.4) is 0 Å². The average molecular weight is 237 g/mol. The van der Waals surface area contributed by atoms with E-state index in [1.54, 1.807) is 4.90 Å². The Bertz CT molecular complexity index is 402. The number of amides is 1. The molecule has 0 fully saturated rings. The lowest BCUT2D eigenvalue weighted by Gasteiger charge is -2.23. The van der Waals surface area contributed by atoms with Crippen molar-refractivity contribution in [2.24, 2.45) is 5.92 Å². The summed E-state index contributed by atoms with van der Waals surface area (Å²) in [6, 6.07) is 4.02. The van der Waals surface area contributed by atoms with Gasteiger partial charge in [0.25, 0.3) is 5.91 Å². The molecule has 1 amide bonds. The van der Waals surface area contributed by atoms with Gasteiger partial charge in [0.2, 0.25) is 0 Å². The minimum absolute atomic E-state index is 0.0500. The van der Waals surface area contributed by atoms with Crippen molar-refractivity contribution in [2.75, 3.05) is 13.1 Å². The monoisotopic (exact) mass is 237 g/mol. The molecule has 1 rings (SSSR count). The van der Waals surface area contributed by atoms with Crippen molar-refractivity contribution < 1.29 is 15.0 Å². The van der Waals surface area contributed by atoms with E-state index in [2.05, 4.69) is 0 Å². The number of hydrogen-bond donors (Lipinski definition) is 2. The summed E-state index contributed by atoms with van der Waals surface area (Å²) in [5.74, 6) is -0.0694. The molecule has 0 atom stereocenters. The van der Waals surface area contributed by atoms with E-state index in [4.69, 9.17) is 0 Å². The SMILES string of the molecule is CCN(CC(C)C)C(=O)c1ccc(O)cc1O. The Kier molecular flexibility index (Phi) is 4.37. The smallest absolute Gasteiger partial charge is 0.257 e. The van der Waals surface area contributed by atoms with Crippen LogP contribution < -0.4 is 0 Å². The number of hydrogen-bond acceptors (Lipinski definition) is 3. The summed E-state index contributed by atoms with van der Waals surface area (Å²) >= 11 is 0. The normalized spacial score (nSPS) is 10.6. The first-order valence-electron chi connectivity index (χ1n) is 5.77. The second-order valence-electron chi connectivity index (χ2n) is 4.44. The van der Waals surface area contributed by atoms with Crippen LogP contribution in [0.15, 0.2) is 18.2 Å². The molecule has 0 bridgehead atoms. The van der Waals surface area contributed by atoms with Gasteiger partial charge in [0, 0.05) is 19.2 Å². The highest BCUT2D eigenvalue weighted by Crippen LogP contribution is 2.24. The highest BCUT2D eigenvalue weighted by Gasteiger charge is 2.18. The summed E-state index contributed by atoms with van der Waals surface area (Å²) in [6.07, 6.45) is 0. The lowest BCUT2D eigenvalue weighted by Crippen LogP contribution is -2.34. The second kappa shape index (κ2) is 5.57. The van der Waals surface area contributed by atoms with Crippen LogP contribution >= 0.6 is 0 Å². The third kappa shape index (κ3) is 3.37. The molecule has 0 radical (unpaired) electrons. The zero-order chi connectivity index (χ0) is 13.0. The Morgan fingerprint density at radius 2 is 2.00 bits per heavy atom. The van der Waals surface area contributed by atoms with E-state index in [1.165, 1.54) is 18.2 Å². The quantitative estimate of drug-likeness (QED) is 0.844. The predicted molar refractivity (Wildman–Crippen MR) is 66.2 cm³/mol. The van der Waals surface area contributed by atoms with E-state index < -0.39 is 0 Å². The minimum atomic E-state index is -0.210. The van der Waals surface area contributed by atoms with Gasteiger partial charge in [-0.3, -0.25) is 4.79 Å². The van der Waals surface area contributed by atoms with Gasteiger partial charge in [-0.25, -0.2) is 0 Å². The molecule has 4 nitrogen and oxygen atoms in total. The van der Waals surface area contributed by atoms with E-state index in [-0.39, 0.29) is 23.0 Å². The van der Waals surface area contributed by atoms with Crippen LogP contribution in [0.25, 0.3) is 0 Å². The molecule has 94 valence electrons. The van der Waals surface area contributed by atoms with Gasteiger partial charge in [-0.15, -0.1) is 0 Å². The zero-order valence-electron chi connectivity index (χ0n) is 10.5. The van der Waals surface area contributed by atoms with Crippen LogP contribution in [-0.2, 0) is 0 Å². The topological polar surface area (TPSA) is 60.8 Å². The standard InChI is InChI=1S/C13H19NO3/c1-4-14(8-9(2)3)13(17)11-6-5-10(15)7-12(11)16/h5-7,9,15-16H,4,8H2,1-3H3. The van der Waals surface area contributed by atoms with Crippen molar-refractivity contribution in [3.63, 3.8) is 0 Å². The number of phenols is 2. The first-order chi connectivity index (χ1) is 7.95. The molecule has 0 aromatic heterocycles. The first kappa shape index (κ1) is 13.4. The summed E-state index contributed by atoms with van der Waals surface area (Å²) in [7, 11) is 0. The third-order valence-corrected chi connectivity index (χ3v) is 2.47. The summed E-state index contributed by atoms with van der Waals surface area (Å²) in [6.45, 7) is 7.21. The maximum Gasteiger partial charge on any atom is 0.257 e. The number of carbonyl (C=O) groups excluding carboxylic acids is 1. The molecular formula is C13H19NO3. The Balaban J connectivity index is 2.93. The average Bonchev–Trinajstić information content (AvgIpc) is 2.24. The van der Waals surface area contributed by atoms with E-state index in [0.29, 0.717) is 19.0 Å². The van der Waals surface area contributed by atoms with Crippen molar-refractivity contribution in [2.45, 2.75) is 20.8 Å². The molecule has 0 aliphatic carbocycles. The molecule has 0 unspecified atom stereocenters. The maximum absolute atomic E-state index is 12.1. The molecule has 0 aliphatic heterocycles. The van der Waals surface area contributed by atoms with Crippen LogP contribution in [0.1, 0.15) is 31.1 Å². The molecular weight excluding hydrogens is 218 g/mol. The highest BCUT2D eigenvalue weighted by molar-refractivity contribution is 5.97. The van der Waals surface area contributed by atoms with Gasteiger partial charge in [0.15, 0.2) is 0 Å². The van der Waals surface area contributed by atoms with Crippen molar-refractivity contribution in [1.82, 2.24) is 4.90 Å². The molecule has 0 spiro atoms. The van der Waals surface area contributed by atoms with Crippen LogP contribution in [0, 0.1) is 5.92 Å². The minimum Gasteiger partial charge on any atom is -0.508 e.